The van der Waals surface area contributed by atoms with E-state index in [-0.39, 0.29) is 0 Å². The van der Waals surface area contributed by atoms with Gasteiger partial charge in [0.05, 0.1) is 9.47 Å². The van der Waals surface area contributed by atoms with Crippen LogP contribution in [0.1, 0.15) is 0 Å². The predicted octanol–water partition coefficient (Wildman–Crippen LogP) is 2.55. The summed E-state index contributed by atoms with van der Waals surface area (Å²) >= 11 is 0. The highest BCUT2D eigenvalue weighted by molar-refractivity contribution is 7.10. The van der Waals surface area contributed by atoms with Gasteiger partial charge >= 0.3 is 0 Å². The lowest BCUT2D eigenvalue weighted by Crippen LogP contribution is -2.02. The molecule has 0 radical (unpaired) electrons. The summed E-state index contributed by atoms with van der Waals surface area (Å²) < 4.78 is 66.0. The third kappa shape index (κ3) is 1.46. The van der Waals surface area contributed by atoms with Crippen LogP contribution in [-0.2, 0) is 0 Å². The van der Waals surface area contributed by atoms with E-state index in [4.69, 9.17) is 0 Å². The van der Waals surface area contributed by atoms with E-state index >= 15 is 0 Å². The summed E-state index contributed by atoms with van der Waals surface area (Å²) in [7, 11) is 1.39. The van der Waals surface area contributed by atoms with Gasteiger partial charge in [-0.3, -0.25) is 0 Å². The SMILES string of the molecule is Fc1c(F)c(F)c(OP)c(F)c1F. The van der Waals surface area contributed by atoms with Crippen molar-refractivity contribution in [3.05, 3.63) is 29.1 Å². The summed E-state index contributed by atoms with van der Waals surface area (Å²) in [4.78, 5) is 0. The molecule has 1 aromatic carbocycles. The minimum atomic E-state index is -2.21. The molecular weight excluding hydrogens is 214 g/mol. The van der Waals surface area contributed by atoms with Crippen LogP contribution in [0, 0.1) is 29.1 Å². The number of rotatable bonds is 1. The van der Waals surface area contributed by atoms with E-state index in [9.17, 15) is 22.0 Å². The van der Waals surface area contributed by atoms with Crippen molar-refractivity contribution < 1.29 is 26.5 Å². The Morgan fingerprint density at radius 1 is 0.692 bits per heavy atom. The Morgan fingerprint density at radius 3 is 1.31 bits per heavy atom. The fourth-order valence-corrected chi connectivity index (χ4v) is 0.895. The Labute approximate surface area is 71.8 Å². The Hall–Kier alpha value is -0.900. The van der Waals surface area contributed by atoms with Crippen LogP contribution in [0.3, 0.4) is 0 Å². The van der Waals surface area contributed by atoms with E-state index in [2.05, 4.69) is 4.52 Å². The third-order valence-electron chi connectivity index (χ3n) is 1.29. The van der Waals surface area contributed by atoms with Gasteiger partial charge < -0.3 is 4.52 Å². The molecule has 0 saturated heterocycles. The van der Waals surface area contributed by atoms with E-state index in [1.807, 2.05) is 0 Å². The molecule has 0 spiro atoms. The van der Waals surface area contributed by atoms with Crippen LogP contribution in [0.15, 0.2) is 0 Å². The van der Waals surface area contributed by atoms with Crippen LogP contribution in [-0.4, -0.2) is 0 Å². The molecule has 72 valence electrons. The van der Waals surface area contributed by atoms with Crippen molar-refractivity contribution in [2.75, 3.05) is 0 Å². The highest BCUT2D eigenvalue weighted by Gasteiger charge is 2.26. The van der Waals surface area contributed by atoms with Gasteiger partial charge in [-0.15, -0.1) is 0 Å². The number of hydrogen-bond acceptors (Lipinski definition) is 1. The first-order chi connectivity index (χ1) is 6.00. The maximum atomic E-state index is 12.5. The van der Waals surface area contributed by atoms with Gasteiger partial charge in [-0.1, -0.05) is 0 Å². The quantitative estimate of drug-likeness (QED) is 0.303. The monoisotopic (exact) mass is 216 g/mol. The Balaban J connectivity index is 3.56. The lowest BCUT2D eigenvalue weighted by Gasteiger charge is -2.05. The van der Waals surface area contributed by atoms with Crippen molar-refractivity contribution in [3.63, 3.8) is 0 Å². The minimum Gasteiger partial charge on any atom is -0.474 e. The van der Waals surface area contributed by atoms with Gasteiger partial charge in [0.1, 0.15) is 0 Å². The molecule has 1 rings (SSSR count). The fraction of sp³-hybridized carbons (Fsp3) is 0. The van der Waals surface area contributed by atoms with Crippen molar-refractivity contribution in [1.82, 2.24) is 0 Å². The Morgan fingerprint density at radius 2 is 1.00 bits per heavy atom. The van der Waals surface area contributed by atoms with Gasteiger partial charge in [0.25, 0.3) is 0 Å². The molecule has 1 atom stereocenters. The summed E-state index contributed by atoms with van der Waals surface area (Å²) in [5.74, 6) is -11.6. The standard InChI is InChI=1S/C6H2F5OP/c7-1-2(8)4(10)6(12-13)5(11)3(1)9/h13H2. The van der Waals surface area contributed by atoms with Gasteiger partial charge in [0, 0.05) is 0 Å². The Bertz CT molecular complexity index is 324. The van der Waals surface area contributed by atoms with Gasteiger partial charge in [-0.05, 0) is 0 Å². The largest absolute Gasteiger partial charge is 0.474 e. The Kier molecular flexibility index (Phi) is 2.71. The smallest absolute Gasteiger partial charge is 0.207 e. The van der Waals surface area contributed by atoms with Crippen LogP contribution in [0.2, 0.25) is 0 Å². The molecule has 1 aromatic rings. The maximum Gasteiger partial charge on any atom is 0.207 e. The molecule has 0 saturated carbocycles. The maximum absolute atomic E-state index is 12.5. The topological polar surface area (TPSA) is 9.23 Å². The van der Waals surface area contributed by atoms with E-state index in [0.29, 0.717) is 0 Å². The number of benzene rings is 1. The minimum absolute atomic E-state index is 1.32. The van der Waals surface area contributed by atoms with Gasteiger partial charge in [0.2, 0.25) is 29.1 Å². The van der Waals surface area contributed by atoms with Crippen LogP contribution in [0.25, 0.3) is 0 Å². The molecule has 0 aliphatic carbocycles. The molecule has 0 heterocycles. The molecule has 0 N–H and O–H groups in total. The second kappa shape index (κ2) is 3.46. The molecule has 1 nitrogen and oxygen atoms in total. The zero-order valence-electron chi connectivity index (χ0n) is 5.88. The van der Waals surface area contributed by atoms with Crippen LogP contribution in [0.4, 0.5) is 22.0 Å². The van der Waals surface area contributed by atoms with Crippen molar-refractivity contribution in [1.29, 1.82) is 0 Å². The first-order valence-corrected chi connectivity index (χ1v) is 3.36. The average molecular weight is 216 g/mol. The summed E-state index contributed by atoms with van der Waals surface area (Å²) in [5, 5.41) is 0. The first-order valence-electron chi connectivity index (χ1n) is 2.88. The zero-order chi connectivity index (χ0) is 10.2. The van der Waals surface area contributed by atoms with Crippen molar-refractivity contribution in [2.45, 2.75) is 0 Å². The second-order valence-corrected chi connectivity index (χ2v) is 2.25. The van der Waals surface area contributed by atoms with E-state index in [0.717, 1.165) is 0 Å². The second-order valence-electron chi connectivity index (χ2n) is 2.02. The molecule has 7 heteroatoms. The van der Waals surface area contributed by atoms with Crippen LogP contribution >= 0.6 is 9.47 Å². The molecule has 0 aromatic heterocycles. The lowest BCUT2D eigenvalue weighted by molar-refractivity contribution is 0.355. The first kappa shape index (κ1) is 10.2. The summed E-state index contributed by atoms with van der Waals surface area (Å²) in [5.41, 5.74) is 0. The van der Waals surface area contributed by atoms with Crippen molar-refractivity contribution in [2.24, 2.45) is 0 Å². The zero-order valence-corrected chi connectivity index (χ0v) is 7.03. The summed E-state index contributed by atoms with van der Waals surface area (Å²) in [6.07, 6.45) is 0. The third-order valence-corrected chi connectivity index (χ3v) is 1.52. The molecular formula is C6H2F5OP. The van der Waals surface area contributed by atoms with E-state index < -0.39 is 34.8 Å². The van der Waals surface area contributed by atoms with Crippen molar-refractivity contribution in [3.8, 4) is 5.75 Å². The molecule has 13 heavy (non-hydrogen) atoms. The van der Waals surface area contributed by atoms with E-state index in [1.54, 1.807) is 0 Å². The average Bonchev–Trinajstić information content (AvgIpc) is 2.13. The van der Waals surface area contributed by atoms with Crippen LogP contribution in [0.5, 0.6) is 5.75 Å². The fourth-order valence-electron chi connectivity index (χ4n) is 0.688. The highest BCUT2D eigenvalue weighted by Crippen LogP contribution is 2.29. The molecule has 0 aliphatic rings. The molecule has 0 aliphatic heterocycles. The van der Waals surface area contributed by atoms with Crippen molar-refractivity contribution >= 4 is 9.47 Å². The van der Waals surface area contributed by atoms with Gasteiger partial charge in [0.15, 0.2) is 5.75 Å². The van der Waals surface area contributed by atoms with Crippen LogP contribution < -0.4 is 4.52 Å². The number of hydrogen-bond donors (Lipinski definition) is 0. The molecule has 0 fully saturated rings. The van der Waals surface area contributed by atoms with Gasteiger partial charge in [-0.25, -0.2) is 13.2 Å². The lowest BCUT2D eigenvalue weighted by atomic mass is 10.3. The molecule has 1 unspecified atom stereocenters. The number of halogens is 5. The summed E-state index contributed by atoms with van der Waals surface area (Å²) in [6.45, 7) is 0. The molecule has 0 bridgehead atoms. The van der Waals surface area contributed by atoms with E-state index in [1.165, 1.54) is 9.47 Å². The predicted molar refractivity (Wildman–Crippen MR) is 36.6 cm³/mol. The highest BCUT2D eigenvalue weighted by atomic mass is 31.0. The molecule has 0 amide bonds. The van der Waals surface area contributed by atoms with Gasteiger partial charge in [-0.2, -0.15) is 8.78 Å². The summed E-state index contributed by atoms with van der Waals surface area (Å²) in [6, 6.07) is 0. The normalized spacial score (nSPS) is 10.3.